The lowest BCUT2D eigenvalue weighted by Gasteiger charge is -2.08. The largest absolute Gasteiger partial charge is 0.457 e. The Morgan fingerprint density at radius 3 is 2.14 bits per heavy atom. The van der Waals surface area contributed by atoms with E-state index in [9.17, 15) is 13.5 Å². The number of rotatable bonds is 6. The fourth-order valence-electron chi connectivity index (χ4n) is 1.78. The molecule has 0 amide bonds. The van der Waals surface area contributed by atoms with Gasteiger partial charge < -0.3 is 9.84 Å². The molecule has 0 aliphatic carbocycles. The lowest BCUT2D eigenvalue weighted by atomic mass is 10.3. The SMILES string of the molecule is CC(O)CCS(=O)(=O)c1ccc(Oc2ccccc2)cc1. The highest BCUT2D eigenvalue weighted by Gasteiger charge is 2.15. The van der Waals surface area contributed by atoms with Gasteiger partial charge in [-0.1, -0.05) is 18.2 Å². The van der Waals surface area contributed by atoms with Gasteiger partial charge in [-0.25, -0.2) is 8.42 Å². The van der Waals surface area contributed by atoms with Crippen LogP contribution < -0.4 is 4.74 Å². The molecule has 2 aromatic carbocycles. The van der Waals surface area contributed by atoms with E-state index in [2.05, 4.69) is 0 Å². The lowest BCUT2D eigenvalue weighted by molar-refractivity contribution is 0.191. The molecule has 0 fully saturated rings. The molecule has 4 nitrogen and oxygen atoms in total. The van der Waals surface area contributed by atoms with Gasteiger partial charge >= 0.3 is 0 Å². The number of hydrogen-bond acceptors (Lipinski definition) is 4. The first kappa shape index (κ1) is 15.5. The Kier molecular flexibility index (Phi) is 4.98. The zero-order valence-corrected chi connectivity index (χ0v) is 12.6. The summed E-state index contributed by atoms with van der Waals surface area (Å²) in [6, 6.07) is 15.6. The molecule has 2 aromatic rings. The highest BCUT2D eigenvalue weighted by atomic mass is 32.2. The molecule has 0 bridgehead atoms. The van der Waals surface area contributed by atoms with Gasteiger partial charge in [-0.2, -0.15) is 0 Å². The van der Waals surface area contributed by atoms with Gasteiger partial charge in [0.2, 0.25) is 0 Å². The molecule has 2 rings (SSSR count). The van der Waals surface area contributed by atoms with Crippen LogP contribution in [0.4, 0.5) is 0 Å². The van der Waals surface area contributed by atoms with Gasteiger partial charge in [0.1, 0.15) is 11.5 Å². The van der Waals surface area contributed by atoms with Crippen LogP contribution in [-0.4, -0.2) is 25.4 Å². The van der Waals surface area contributed by atoms with Gasteiger partial charge in [0.15, 0.2) is 9.84 Å². The predicted octanol–water partition coefficient (Wildman–Crippen LogP) is 3.02. The summed E-state index contributed by atoms with van der Waals surface area (Å²) in [7, 11) is -3.36. The van der Waals surface area contributed by atoms with E-state index in [0.717, 1.165) is 0 Å². The Balaban J connectivity index is 2.08. The second-order valence-corrected chi connectivity index (χ2v) is 6.95. The highest BCUT2D eigenvalue weighted by molar-refractivity contribution is 7.91. The summed E-state index contributed by atoms with van der Waals surface area (Å²) in [6.07, 6.45) is -0.398. The molecule has 1 unspecified atom stereocenters. The van der Waals surface area contributed by atoms with Gasteiger partial charge in [-0.3, -0.25) is 0 Å². The summed E-state index contributed by atoms with van der Waals surface area (Å²) in [5, 5.41) is 9.19. The van der Waals surface area contributed by atoms with Crippen molar-refractivity contribution in [1.29, 1.82) is 0 Å². The predicted molar refractivity (Wildman–Crippen MR) is 81.3 cm³/mol. The highest BCUT2D eigenvalue weighted by Crippen LogP contribution is 2.23. The Morgan fingerprint density at radius 1 is 1.00 bits per heavy atom. The van der Waals surface area contributed by atoms with Crippen LogP contribution in [0.15, 0.2) is 59.5 Å². The van der Waals surface area contributed by atoms with Crippen molar-refractivity contribution < 1.29 is 18.3 Å². The van der Waals surface area contributed by atoms with Crippen molar-refractivity contribution in [3.8, 4) is 11.5 Å². The third kappa shape index (κ3) is 4.58. The van der Waals surface area contributed by atoms with E-state index in [1.807, 2.05) is 30.3 Å². The topological polar surface area (TPSA) is 63.6 Å². The summed E-state index contributed by atoms with van der Waals surface area (Å²) in [5.74, 6) is 1.21. The van der Waals surface area contributed by atoms with Crippen LogP contribution in [-0.2, 0) is 9.84 Å². The number of aliphatic hydroxyl groups is 1. The van der Waals surface area contributed by atoms with E-state index in [-0.39, 0.29) is 17.1 Å². The minimum atomic E-state index is -3.36. The first-order valence-electron chi connectivity index (χ1n) is 6.71. The van der Waals surface area contributed by atoms with Gasteiger partial charge in [0, 0.05) is 0 Å². The average Bonchev–Trinajstić information content (AvgIpc) is 2.47. The van der Waals surface area contributed by atoms with Gasteiger partial charge in [-0.15, -0.1) is 0 Å². The zero-order valence-electron chi connectivity index (χ0n) is 11.8. The average molecular weight is 306 g/mol. The molecule has 5 heteroatoms. The molecule has 0 aromatic heterocycles. The second kappa shape index (κ2) is 6.74. The smallest absolute Gasteiger partial charge is 0.178 e. The monoisotopic (exact) mass is 306 g/mol. The standard InChI is InChI=1S/C16H18O4S/c1-13(17)11-12-21(18,19)16-9-7-15(8-10-16)20-14-5-3-2-4-6-14/h2-10,13,17H,11-12H2,1H3. The number of aliphatic hydroxyl groups excluding tert-OH is 1. The van der Waals surface area contributed by atoms with Crippen LogP contribution in [0, 0.1) is 0 Å². The van der Waals surface area contributed by atoms with Crippen molar-refractivity contribution in [2.75, 3.05) is 5.75 Å². The molecule has 0 radical (unpaired) electrons. The van der Waals surface area contributed by atoms with Crippen molar-refractivity contribution in [3.63, 3.8) is 0 Å². The van der Waals surface area contributed by atoms with E-state index in [0.29, 0.717) is 11.5 Å². The molecular weight excluding hydrogens is 288 g/mol. The summed E-state index contributed by atoms with van der Waals surface area (Å²) < 4.78 is 29.7. The number of ether oxygens (including phenoxy) is 1. The summed E-state index contributed by atoms with van der Waals surface area (Å²) in [5.41, 5.74) is 0. The van der Waals surface area contributed by atoms with Crippen molar-refractivity contribution in [1.82, 2.24) is 0 Å². The molecule has 21 heavy (non-hydrogen) atoms. The van der Waals surface area contributed by atoms with Crippen LogP contribution in [0.2, 0.25) is 0 Å². The first-order chi connectivity index (χ1) is 9.97. The maximum absolute atomic E-state index is 12.1. The lowest BCUT2D eigenvalue weighted by Crippen LogP contribution is -2.12. The molecular formula is C16H18O4S. The normalized spacial score (nSPS) is 12.9. The van der Waals surface area contributed by atoms with Crippen LogP contribution >= 0.6 is 0 Å². The minimum Gasteiger partial charge on any atom is -0.457 e. The number of para-hydroxylation sites is 1. The van der Waals surface area contributed by atoms with Gasteiger partial charge in [0.25, 0.3) is 0 Å². The van der Waals surface area contributed by atoms with E-state index >= 15 is 0 Å². The number of benzene rings is 2. The summed E-state index contributed by atoms with van der Waals surface area (Å²) in [6.45, 7) is 1.58. The van der Waals surface area contributed by atoms with Gasteiger partial charge in [-0.05, 0) is 49.7 Å². The summed E-state index contributed by atoms with van der Waals surface area (Å²) >= 11 is 0. The fourth-order valence-corrected chi connectivity index (χ4v) is 3.22. The van der Waals surface area contributed by atoms with Crippen molar-refractivity contribution in [2.24, 2.45) is 0 Å². The molecule has 1 atom stereocenters. The maximum Gasteiger partial charge on any atom is 0.178 e. The first-order valence-corrected chi connectivity index (χ1v) is 8.36. The third-order valence-corrected chi connectivity index (χ3v) is 4.73. The van der Waals surface area contributed by atoms with Crippen molar-refractivity contribution in [3.05, 3.63) is 54.6 Å². The van der Waals surface area contributed by atoms with E-state index < -0.39 is 15.9 Å². The molecule has 112 valence electrons. The van der Waals surface area contributed by atoms with E-state index in [4.69, 9.17) is 4.74 Å². The zero-order chi connectivity index (χ0) is 15.3. The maximum atomic E-state index is 12.1. The van der Waals surface area contributed by atoms with E-state index in [1.54, 1.807) is 19.1 Å². The molecule has 1 N–H and O–H groups in total. The number of hydrogen-bond donors (Lipinski definition) is 1. The second-order valence-electron chi connectivity index (χ2n) is 4.84. The Hall–Kier alpha value is -1.85. The van der Waals surface area contributed by atoms with E-state index in [1.165, 1.54) is 12.1 Å². The van der Waals surface area contributed by atoms with Crippen LogP contribution in [0.25, 0.3) is 0 Å². The Labute approximate surface area is 124 Å². The molecule has 0 aliphatic heterocycles. The summed E-state index contributed by atoms with van der Waals surface area (Å²) in [4.78, 5) is 0.239. The van der Waals surface area contributed by atoms with Gasteiger partial charge in [0.05, 0.1) is 16.8 Å². The minimum absolute atomic E-state index is 0.0659. The Morgan fingerprint density at radius 2 is 1.57 bits per heavy atom. The van der Waals surface area contributed by atoms with Crippen LogP contribution in [0.1, 0.15) is 13.3 Å². The van der Waals surface area contributed by atoms with Crippen molar-refractivity contribution >= 4 is 9.84 Å². The van der Waals surface area contributed by atoms with Crippen molar-refractivity contribution in [2.45, 2.75) is 24.3 Å². The third-order valence-electron chi connectivity index (χ3n) is 2.97. The molecule has 0 aliphatic rings. The quantitative estimate of drug-likeness (QED) is 0.891. The van der Waals surface area contributed by atoms with Crippen LogP contribution in [0.3, 0.4) is 0 Å². The molecule has 0 spiro atoms. The van der Waals surface area contributed by atoms with Crippen LogP contribution in [0.5, 0.6) is 11.5 Å². The fraction of sp³-hybridized carbons (Fsp3) is 0.250. The molecule has 0 saturated heterocycles. The molecule has 0 saturated carbocycles. The molecule has 0 heterocycles. The number of sulfone groups is 1. The Bertz CT molecular complexity index is 661.